The zero-order valence-electron chi connectivity index (χ0n) is 12.1. The normalized spacial score (nSPS) is 18.4. The maximum absolute atomic E-state index is 12.0. The first-order chi connectivity index (χ1) is 8.95. The van der Waals surface area contributed by atoms with Gasteiger partial charge in [0.15, 0.2) is 0 Å². The van der Waals surface area contributed by atoms with Gasteiger partial charge in [0, 0.05) is 32.2 Å². The van der Waals surface area contributed by atoms with E-state index in [9.17, 15) is 9.59 Å². The Morgan fingerprint density at radius 1 is 1.21 bits per heavy atom. The number of nitrogens with one attached hydrogen (secondary N) is 1. The van der Waals surface area contributed by atoms with Crippen LogP contribution >= 0.6 is 0 Å². The van der Waals surface area contributed by atoms with Gasteiger partial charge in [0.05, 0.1) is 0 Å². The third kappa shape index (κ3) is 4.70. The number of nitrogens with zero attached hydrogens (tertiary/aromatic N) is 2. The van der Waals surface area contributed by atoms with E-state index in [0.717, 1.165) is 19.5 Å². The van der Waals surface area contributed by atoms with Gasteiger partial charge >= 0.3 is 12.0 Å². The second kappa shape index (κ2) is 7.33. The summed E-state index contributed by atoms with van der Waals surface area (Å²) in [7, 11) is 0. The number of hydrogen-bond acceptors (Lipinski definition) is 3. The number of rotatable bonds is 5. The molecule has 0 bridgehead atoms. The van der Waals surface area contributed by atoms with Crippen LogP contribution in [-0.4, -0.2) is 65.2 Å². The molecule has 1 aliphatic heterocycles. The van der Waals surface area contributed by atoms with E-state index in [2.05, 4.69) is 24.1 Å². The molecule has 2 N–H and O–H groups in total. The quantitative estimate of drug-likeness (QED) is 0.781. The molecule has 0 saturated carbocycles. The van der Waals surface area contributed by atoms with E-state index in [0.29, 0.717) is 25.6 Å². The van der Waals surface area contributed by atoms with Crippen LogP contribution in [-0.2, 0) is 4.79 Å². The molecule has 1 heterocycles. The standard InChI is InChI=1S/C13H25N3O3/c1-4-5-11(12(17)18)14-13(19)16-8-6-15(7-9-16)10(2)3/h10-11H,4-9H2,1-3H3,(H,14,19)(H,17,18)/t11-/m1/s1. The van der Waals surface area contributed by atoms with Crippen molar-refractivity contribution in [1.29, 1.82) is 0 Å². The maximum Gasteiger partial charge on any atom is 0.326 e. The van der Waals surface area contributed by atoms with Gasteiger partial charge in [-0.3, -0.25) is 4.90 Å². The number of carboxylic acids is 1. The SMILES string of the molecule is CCC[C@@H](NC(=O)N1CCN(C(C)C)CC1)C(=O)O. The van der Waals surface area contributed by atoms with Crippen LogP contribution in [0.1, 0.15) is 33.6 Å². The van der Waals surface area contributed by atoms with Gasteiger partial charge < -0.3 is 15.3 Å². The molecular weight excluding hydrogens is 246 g/mol. The average Bonchev–Trinajstić information content (AvgIpc) is 2.38. The number of urea groups is 1. The van der Waals surface area contributed by atoms with Crippen LogP contribution in [0.15, 0.2) is 0 Å². The molecule has 110 valence electrons. The Kier molecular flexibility index (Phi) is 6.08. The molecule has 0 aromatic rings. The van der Waals surface area contributed by atoms with Crippen molar-refractivity contribution in [2.45, 2.75) is 45.7 Å². The Morgan fingerprint density at radius 2 is 1.79 bits per heavy atom. The van der Waals surface area contributed by atoms with Crippen LogP contribution in [0.25, 0.3) is 0 Å². The van der Waals surface area contributed by atoms with Gasteiger partial charge in [0.25, 0.3) is 0 Å². The molecule has 1 aliphatic rings. The summed E-state index contributed by atoms with van der Waals surface area (Å²) >= 11 is 0. The van der Waals surface area contributed by atoms with Crippen molar-refractivity contribution >= 4 is 12.0 Å². The minimum atomic E-state index is -0.962. The molecule has 0 aromatic heterocycles. The molecule has 0 unspecified atom stereocenters. The molecule has 0 radical (unpaired) electrons. The predicted octanol–water partition coefficient (Wildman–Crippen LogP) is 0.975. The molecule has 1 saturated heterocycles. The Morgan fingerprint density at radius 3 is 2.21 bits per heavy atom. The highest BCUT2D eigenvalue weighted by atomic mass is 16.4. The van der Waals surface area contributed by atoms with Gasteiger partial charge in [-0.25, -0.2) is 9.59 Å². The second-order valence-electron chi connectivity index (χ2n) is 5.25. The van der Waals surface area contributed by atoms with Crippen molar-refractivity contribution < 1.29 is 14.7 Å². The third-order valence-electron chi connectivity index (χ3n) is 3.50. The van der Waals surface area contributed by atoms with Crippen molar-refractivity contribution in [1.82, 2.24) is 15.1 Å². The fourth-order valence-electron chi connectivity index (χ4n) is 2.23. The summed E-state index contributed by atoms with van der Waals surface area (Å²) < 4.78 is 0. The van der Waals surface area contributed by atoms with Crippen molar-refractivity contribution in [3.8, 4) is 0 Å². The van der Waals surface area contributed by atoms with E-state index >= 15 is 0 Å². The van der Waals surface area contributed by atoms with Crippen LogP contribution in [0.2, 0.25) is 0 Å². The van der Waals surface area contributed by atoms with Gasteiger partial charge in [0.2, 0.25) is 0 Å². The lowest BCUT2D eigenvalue weighted by Crippen LogP contribution is -2.55. The van der Waals surface area contributed by atoms with Crippen molar-refractivity contribution in [3.63, 3.8) is 0 Å². The molecule has 1 rings (SSSR count). The monoisotopic (exact) mass is 271 g/mol. The Hall–Kier alpha value is -1.30. The van der Waals surface area contributed by atoms with E-state index in [1.165, 1.54) is 0 Å². The molecule has 1 fully saturated rings. The number of carboxylic acid groups (broad SMARTS) is 1. The third-order valence-corrected chi connectivity index (χ3v) is 3.50. The van der Waals surface area contributed by atoms with Crippen molar-refractivity contribution in [2.24, 2.45) is 0 Å². The van der Waals surface area contributed by atoms with Crippen molar-refractivity contribution in [2.75, 3.05) is 26.2 Å². The lowest BCUT2D eigenvalue weighted by atomic mass is 10.2. The summed E-state index contributed by atoms with van der Waals surface area (Å²) in [6, 6.07) is -0.554. The van der Waals surface area contributed by atoms with Gasteiger partial charge in [-0.2, -0.15) is 0 Å². The number of carbonyl (C=O) groups is 2. The molecule has 0 aliphatic carbocycles. The van der Waals surface area contributed by atoms with Gasteiger partial charge in [0.1, 0.15) is 6.04 Å². The van der Waals surface area contributed by atoms with E-state index in [1.54, 1.807) is 4.90 Å². The predicted molar refractivity (Wildman–Crippen MR) is 73.1 cm³/mol. The summed E-state index contributed by atoms with van der Waals surface area (Å²) in [5.74, 6) is -0.962. The van der Waals surface area contributed by atoms with E-state index in [-0.39, 0.29) is 6.03 Å². The van der Waals surface area contributed by atoms with Crippen LogP contribution < -0.4 is 5.32 Å². The zero-order chi connectivity index (χ0) is 14.4. The fraction of sp³-hybridized carbons (Fsp3) is 0.846. The summed E-state index contributed by atoms with van der Waals surface area (Å²) in [6.45, 7) is 9.18. The van der Waals surface area contributed by atoms with Gasteiger partial charge in [-0.05, 0) is 20.3 Å². The van der Waals surface area contributed by atoms with Gasteiger partial charge in [-0.1, -0.05) is 13.3 Å². The van der Waals surface area contributed by atoms with E-state index in [1.807, 2.05) is 6.92 Å². The maximum atomic E-state index is 12.0. The minimum Gasteiger partial charge on any atom is -0.480 e. The van der Waals surface area contributed by atoms with Crippen LogP contribution in [0.3, 0.4) is 0 Å². The first-order valence-electron chi connectivity index (χ1n) is 6.98. The molecule has 19 heavy (non-hydrogen) atoms. The number of hydrogen-bond donors (Lipinski definition) is 2. The molecule has 2 amide bonds. The molecular formula is C13H25N3O3. The molecule has 6 heteroatoms. The van der Waals surface area contributed by atoms with Crippen LogP contribution in [0.4, 0.5) is 4.79 Å². The topological polar surface area (TPSA) is 72.9 Å². The summed E-state index contributed by atoms with van der Waals surface area (Å²) in [6.07, 6.45) is 1.20. The number of aliphatic carboxylic acids is 1. The van der Waals surface area contributed by atoms with E-state index in [4.69, 9.17) is 5.11 Å². The number of piperazine rings is 1. The highest BCUT2D eigenvalue weighted by molar-refractivity contribution is 5.82. The van der Waals surface area contributed by atoms with Crippen LogP contribution in [0, 0.1) is 0 Å². The largest absolute Gasteiger partial charge is 0.480 e. The lowest BCUT2D eigenvalue weighted by molar-refractivity contribution is -0.139. The van der Waals surface area contributed by atoms with Crippen molar-refractivity contribution in [3.05, 3.63) is 0 Å². The highest BCUT2D eigenvalue weighted by Gasteiger charge is 2.25. The first-order valence-corrected chi connectivity index (χ1v) is 6.98. The van der Waals surface area contributed by atoms with Crippen LogP contribution in [0.5, 0.6) is 0 Å². The number of carbonyl (C=O) groups excluding carboxylic acids is 1. The summed E-state index contributed by atoms with van der Waals surface area (Å²) in [4.78, 5) is 27.0. The molecule has 1 atom stereocenters. The fourth-order valence-corrected chi connectivity index (χ4v) is 2.23. The lowest BCUT2D eigenvalue weighted by Gasteiger charge is -2.37. The Labute approximate surface area is 114 Å². The average molecular weight is 271 g/mol. The zero-order valence-corrected chi connectivity index (χ0v) is 12.1. The molecule has 0 spiro atoms. The summed E-state index contributed by atoms with van der Waals surface area (Å²) in [5, 5.41) is 11.6. The first kappa shape index (κ1) is 15.8. The second-order valence-corrected chi connectivity index (χ2v) is 5.25. The molecule has 6 nitrogen and oxygen atoms in total. The molecule has 0 aromatic carbocycles. The smallest absolute Gasteiger partial charge is 0.326 e. The highest BCUT2D eigenvalue weighted by Crippen LogP contribution is 2.07. The Balaban J connectivity index is 2.44. The summed E-state index contributed by atoms with van der Waals surface area (Å²) in [5.41, 5.74) is 0. The van der Waals surface area contributed by atoms with Gasteiger partial charge in [-0.15, -0.1) is 0 Å². The Bertz CT molecular complexity index is 312. The minimum absolute atomic E-state index is 0.260. The van der Waals surface area contributed by atoms with E-state index < -0.39 is 12.0 Å². The number of amides is 2.